The van der Waals surface area contributed by atoms with E-state index in [4.69, 9.17) is 4.74 Å². The molecule has 0 unspecified atom stereocenters. The van der Waals surface area contributed by atoms with E-state index in [1.54, 1.807) is 61.2 Å². The number of hydrogen-bond acceptors (Lipinski definition) is 6. The number of benzene rings is 2. The van der Waals surface area contributed by atoms with Gasteiger partial charge in [0.05, 0.1) is 12.8 Å². The Morgan fingerprint density at radius 1 is 1.21 bits per heavy atom. The molecule has 0 aliphatic heterocycles. The molecule has 29 heavy (non-hydrogen) atoms. The number of hydrogen-bond donors (Lipinski definition) is 1. The SMILES string of the molecule is COc1cc[c-]c(-n2nnc(C(=O)Sc3ccc(NC(C)=O)cc3)c2C)c1.[CH3-].[U+2]. The van der Waals surface area contributed by atoms with Crippen molar-refractivity contribution in [1.82, 2.24) is 15.0 Å². The van der Waals surface area contributed by atoms with Crippen LogP contribution in [0.4, 0.5) is 5.69 Å². The van der Waals surface area contributed by atoms with Gasteiger partial charge in [-0.25, -0.2) is 4.68 Å². The van der Waals surface area contributed by atoms with E-state index in [0.717, 1.165) is 16.7 Å². The first-order valence-corrected chi connectivity index (χ1v) is 8.88. The van der Waals surface area contributed by atoms with Crippen LogP contribution in [0, 0.1) is 51.5 Å². The topological polar surface area (TPSA) is 86.1 Å². The van der Waals surface area contributed by atoms with Crippen molar-refractivity contribution in [3.05, 3.63) is 67.3 Å². The Morgan fingerprint density at radius 3 is 2.52 bits per heavy atom. The van der Waals surface area contributed by atoms with Crippen LogP contribution >= 0.6 is 11.8 Å². The van der Waals surface area contributed by atoms with Gasteiger partial charge in [-0.2, -0.15) is 12.1 Å². The molecule has 0 fully saturated rings. The molecule has 2 aromatic carbocycles. The summed E-state index contributed by atoms with van der Waals surface area (Å²) in [6.45, 7) is 3.22. The fraction of sp³-hybridized carbons (Fsp3) is 0.150. The Morgan fingerprint density at radius 2 is 1.90 bits per heavy atom. The molecule has 0 aliphatic carbocycles. The molecular weight excluding hydrogens is 614 g/mol. The van der Waals surface area contributed by atoms with Gasteiger partial charge in [0.15, 0.2) is 5.69 Å². The monoisotopic (exact) mass is 634 g/mol. The molecule has 0 bridgehead atoms. The summed E-state index contributed by atoms with van der Waals surface area (Å²) in [4.78, 5) is 24.4. The molecule has 0 radical (unpaired) electrons. The van der Waals surface area contributed by atoms with Crippen molar-refractivity contribution < 1.29 is 45.4 Å². The first-order chi connectivity index (χ1) is 13.0. The second-order valence-corrected chi connectivity index (χ2v) is 6.69. The molecule has 9 heteroatoms. The minimum atomic E-state index is -0.214. The first kappa shape index (κ1) is 25.0. The number of nitrogens with one attached hydrogen (secondary N) is 1. The molecule has 0 saturated heterocycles. The zero-order chi connectivity index (χ0) is 19.4. The maximum absolute atomic E-state index is 12.6. The molecule has 0 atom stereocenters. The Balaban J connectivity index is 0.00000210. The summed E-state index contributed by atoms with van der Waals surface area (Å²) in [7, 11) is 1.58. The smallest absolute Gasteiger partial charge is 0.522 e. The van der Waals surface area contributed by atoms with Crippen LogP contribution in [-0.2, 0) is 4.79 Å². The van der Waals surface area contributed by atoms with Crippen LogP contribution in [-0.4, -0.2) is 33.1 Å². The van der Waals surface area contributed by atoms with Gasteiger partial charge in [-0.1, -0.05) is 5.21 Å². The minimum Gasteiger partial charge on any atom is -0.522 e. The summed E-state index contributed by atoms with van der Waals surface area (Å²) in [5.41, 5.74) is 2.21. The van der Waals surface area contributed by atoms with Gasteiger partial charge < -0.3 is 17.5 Å². The number of rotatable bonds is 5. The van der Waals surface area contributed by atoms with E-state index in [1.165, 1.54) is 6.92 Å². The van der Waals surface area contributed by atoms with Crippen LogP contribution in [0.25, 0.3) is 5.69 Å². The minimum absolute atomic E-state index is 0. The average molecular weight is 635 g/mol. The van der Waals surface area contributed by atoms with Crippen molar-refractivity contribution in [3.8, 4) is 11.4 Å². The van der Waals surface area contributed by atoms with E-state index in [1.807, 2.05) is 0 Å². The molecule has 148 valence electrons. The summed E-state index contributed by atoms with van der Waals surface area (Å²) in [5, 5.41) is 10.6. The van der Waals surface area contributed by atoms with Gasteiger partial charge in [0, 0.05) is 23.3 Å². The van der Waals surface area contributed by atoms with Crippen molar-refractivity contribution in [1.29, 1.82) is 0 Å². The van der Waals surface area contributed by atoms with Crippen LogP contribution in [0.1, 0.15) is 23.1 Å². The van der Waals surface area contributed by atoms with Gasteiger partial charge in [0.25, 0.3) is 0 Å². The number of amides is 1. The Kier molecular flexibility index (Phi) is 9.64. The van der Waals surface area contributed by atoms with Crippen LogP contribution in [0.5, 0.6) is 5.75 Å². The molecular formula is C20H20N4O3SU. The van der Waals surface area contributed by atoms with Crippen molar-refractivity contribution in [3.63, 3.8) is 0 Å². The maximum atomic E-state index is 12.6. The molecule has 0 aliphatic rings. The summed E-state index contributed by atoms with van der Waals surface area (Å²) >= 11 is 1.05. The largest absolute Gasteiger partial charge is 2.00 e. The molecule has 1 N–H and O–H groups in total. The van der Waals surface area contributed by atoms with Crippen molar-refractivity contribution in [2.24, 2.45) is 0 Å². The van der Waals surface area contributed by atoms with Crippen molar-refractivity contribution >= 4 is 28.5 Å². The Labute approximate surface area is 198 Å². The second kappa shape index (κ2) is 11.2. The zero-order valence-electron chi connectivity index (χ0n) is 16.5. The molecule has 1 heterocycles. The van der Waals surface area contributed by atoms with E-state index in [-0.39, 0.29) is 55.3 Å². The first-order valence-electron chi connectivity index (χ1n) is 8.06. The Hall–Kier alpha value is -2.08. The van der Waals surface area contributed by atoms with Gasteiger partial charge in [0.1, 0.15) is 0 Å². The van der Waals surface area contributed by atoms with Gasteiger partial charge in [-0.3, -0.25) is 9.59 Å². The number of anilines is 1. The second-order valence-electron chi connectivity index (χ2n) is 5.64. The molecule has 0 saturated carbocycles. The Bertz CT molecular complexity index is 990. The number of carbonyl (C=O) groups is 2. The van der Waals surface area contributed by atoms with Crippen molar-refractivity contribution in [2.75, 3.05) is 12.4 Å². The number of nitrogens with zero attached hydrogens (tertiary/aromatic N) is 3. The third-order valence-electron chi connectivity index (χ3n) is 3.69. The molecule has 3 rings (SSSR count). The summed E-state index contributed by atoms with van der Waals surface area (Å²) in [5.74, 6) is 0.522. The predicted molar refractivity (Wildman–Crippen MR) is 109 cm³/mol. The quantitative estimate of drug-likeness (QED) is 0.341. The maximum Gasteiger partial charge on any atom is 2.00 e. The van der Waals surface area contributed by atoms with Gasteiger partial charge in [0.2, 0.25) is 11.0 Å². The third-order valence-corrected chi connectivity index (χ3v) is 4.58. The van der Waals surface area contributed by atoms with Gasteiger partial charge >= 0.3 is 31.1 Å². The summed E-state index contributed by atoms with van der Waals surface area (Å²) in [6, 6.07) is 15.3. The van der Waals surface area contributed by atoms with Crippen LogP contribution < -0.4 is 10.1 Å². The number of carbonyl (C=O) groups excluding carboxylic acids is 2. The molecule has 3 aromatic rings. The van der Waals surface area contributed by atoms with E-state index in [0.29, 0.717) is 22.8 Å². The van der Waals surface area contributed by atoms with E-state index in [9.17, 15) is 9.59 Å². The number of ether oxygens (including phenoxy) is 1. The average Bonchev–Trinajstić information content (AvgIpc) is 3.04. The molecule has 1 amide bonds. The van der Waals surface area contributed by atoms with Gasteiger partial charge in [-0.05, 0) is 48.6 Å². The third kappa shape index (κ3) is 6.20. The molecule has 0 spiro atoms. The fourth-order valence-electron chi connectivity index (χ4n) is 2.39. The molecule has 1 aromatic heterocycles. The summed E-state index contributed by atoms with van der Waals surface area (Å²) in [6.07, 6.45) is 0. The van der Waals surface area contributed by atoms with Gasteiger partial charge in [-0.15, -0.1) is 17.2 Å². The number of aromatic nitrogens is 3. The fourth-order valence-corrected chi connectivity index (χ4v) is 3.17. The standard InChI is InChI=1S/C19H17N4O3S.CH3.U/c1-12-18(21-22-23(12)15-5-4-6-16(11-15)26-3)19(25)27-17-9-7-14(8-10-17)20-13(2)24;;/h4,6-11H,1-3H3,(H,20,24);1H3;/q2*-1;+2. The van der Waals surface area contributed by atoms with Crippen molar-refractivity contribution in [2.45, 2.75) is 18.7 Å². The van der Waals surface area contributed by atoms with Crippen LogP contribution in [0.15, 0.2) is 47.4 Å². The van der Waals surface area contributed by atoms with E-state index < -0.39 is 0 Å². The normalized spacial score (nSPS) is 9.76. The van der Waals surface area contributed by atoms with E-state index in [2.05, 4.69) is 21.7 Å². The van der Waals surface area contributed by atoms with E-state index >= 15 is 0 Å². The number of thioether (sulfide) groups is 1. The molecule has 7 nitrogen and oxygen atoms in total. The van der Waals surface area contributed by atoms with Crippen LogP contribution in [0.2, 0.25) is 0 Å². The predicted octanol–water partition coefficient (Wildman–Crippen LogP) is 3.73. The van der Waals surface area contributed by atoms with Crippen LogP contribution in [0.3, 0.4) is 0 Å². The zero-order valence-corrected chi connectivity index (χ0v) is 21.5. The summed E-state index contributed by atoms with van der Waals surface area (Å²) < 4.78 is 6.76. The number of methoxy groups -OCH3 is 1.